The Morgan fingerprint density at radius 1 is 1.16 bits per heavy atom. The minimum Gasteiger partial charge on any atom is -0.493 e. The maximum Gasteiger partial charge on any atom is 0.274 e. The van der Waals surface area contributed by atoms with Crippen LogP contribution in [0.2, 0.25) is 0 Å². The molecule has 19 heavy (non-hydrogen) atoms. The molecule has 0 fully saturated rings. The van der Waals surface area contributed by atoms with Gasteiger partial charge in [0.15, 0.2) is 17.6 Å². The zero-order valence-corrected chi connectivity index (χ0v) is 11.4. The van der Waals surface area contributed by atoms with E-state index in [0.717, 1.165) is 0 Å². The highest BCUT2D eigenvalue weighted by molar-refractivity contribution is 5.80. The van der Waals surface area contributed by atoms with Crippen LogP contribution < -0.4 is 30.2 Å². The highest BCUT2D eigenvalue weighted by Crippen LogP contribution is 2.40. The van der Waals surface area contributed by atoms with E-state index < -0.39 is 12.0 Å². The Morgan fingerprint density at radius 3 is 2.05 bits per heavy atom. The molecule has 0 heterocycles. The molecule has 0 aromatic heterocycles. The summed E-state index contributed by atoms with van der Waals surface area (Å²) in [7, 11) is 4.50. The summed E-state index contributed by atoms with van der Waals surface area (Å²) < 4.78 is 21.0. The third kappa shape index (κ3) is 3.41. The molecule has 1 aromatic rings. The molecule has 0 saturated heterocycles. The molecular formula is C12H18N2O5. The third-order valence-corrected chi connectivity index (χ3v) is 2.46. The fourth-order valence-electron chi connectivity index (χ4n) is 1.50. The first kappa shape index (κ1) is 14.9. The average molecular weight is 270 g/mol. The largest absolute Gasteiger partial charge is 0.493 e. The first-order valence-corrected chi connectivity index (χ1v) is 5.54. The fraction of sp³-hybridized carbons (Fsp3) is 0.417. The van der Waals surface area contributed by atoms with Gasteiger partial charge in [0.1, 0.15) is 5.75 Å². The Morgan fingerprint density at radius 2 is 1.68 bits per heavy atom. The Labute approximate surface area is 111 Å². The zero-order chi connectivity index (χ0) is 14.4. The van der Waals surface area contributed by atoms with Gasteiger partial charge < -0.3 is 18.9 Å². The predicted octanol–water partition coefficient (Wildman–Crippen LogP) is 0.470. The Kier molecular flexibility index (Phi) is 5.25. The molecule has 0 aliphatic carbocycles. The second-order valence-corrected chi connectivity index (χ2v) is 3.63. The van der Waals surface area contributed by atoms with Crippen molar-refractivity contribution in [1.29, 1.82) is 0 Å². The highest BCUT2D eigenvalue weighted by Gasteiger charge is 2.18. The van der Waals surface area contributed by atoms with Gasteiger partial charge in [0.2, 0.25) is 5.75 Å². The number of carbonyl (C=O) groups excluding carboxylic acids is 1. The van der Waals surface area contributed by atoms with Crippen LogP contribution in [0.3, 0.4) is 0 Å². The van der Waals surface area contributed by atoms with E-state index in [2.05, 4.69) is 0 Å². The average Bonchev–Trinajstić information content (AvgIpc) is 2.44. The SMILES string of the molecule is COc1cc(OC(C)C(=O)NN)cc(OC)c1OC. The molecule has 1 unspecified atom stereocenters. The van der Waals surface area contributed by atoms with E-state index >= 15 is 0 Å². The number of amides is 1. The number of nitrogens with two attached hydrogens (primary N) is 1. The number of hydrazine groups is 1. The van der Waals surface area contributed by atoms with Crippen LogP contribution >= 0.6 is 0 Å². The van der Waals surface area contributed by atoms with E-state index in [9.17, 15) is 4.79 Å². The molecule has 0 bridgehead atoms. The number of ether oxygens (including phenoxy) is 4. The minimum atomic E-state index is -0.743. The van der Waals surface area contributed by atoms with E-state index in [-0.39, 0.29) is 0 Å². The van der Waals surface area contributed by atoms with Crippen molar-refractivity contribution in [2.75, 3.05) is 21.3 Å². The molecule has 0 saturated carbocycles. The Bertz CT molecular complexity index is 425. The molecule has 106 valence electrons. The molecular weight excluding hydrogens is 252 g/mol. The van der Waals surface area contributed by atoms with Crippen LogP contribution in [-0.2, 0) is 4.79 Å². The summed E-state index contributed by atoms with van der Waals surface area (Å²) in [5.74, 6) is 6.34. The topological polar surface area (TPSA) is 92.0 Å². The normalized spacial score (nSPS) is 11.4. The summed E-state index contributed by atoms with van der Waals surface area (Å²) in [5, 5.41) is 0. The van der Waals surface area contributed by atoms with Crippen LogP contribution in [-0.4, -0.2) is 33.3 Å². The van der Waals surface area contributed by atoms with Crippen molar-refractivity contribution in [3.8, 4) is 23.0 Å². The van der Waals surface area contributed by atoms with Crippen molar-refractivity contribution in [2.45, 2.75) is 13.0 Å². The van der Waals surface area contributed by atoms with Crippen LogP contribution in [0.15, 0.2) is 12.1 Å². The predicted molar refractivity (Wildman–Crippen MR) is 68.5 cm³/mol. The van der Waals surface area contributed by atoms with Crippen molar-refractivity contribution in [3.05, 3.63) is 12.1 Å². The molecule has 1 amide bonds. The number of hydrogen-bond acceptors (Lipinski definition) is 6. The molecule has 3 N–H and O–H groups in total. The van der Waals surface area contributed by atoms with Gasteiger partial charge in [-0.25, -0.2) is 5.84 Å². The van der Waals surface area contributed by atoms with E-state index in [4.69, 9.17) is 24.8 Å². The van der Waals surface area contributed by atoms with Crippen molar-refractivity contribution < 1.29 is 23.7 Å². The summed E-state index contributed by atoms with van der Waals surface area (Å²) >= 11 is 0. The number of benzene rings is 1. The number of rotatable bonds is 6. The van der Waals surface area contributed by atoms with Crippen LogP contribution in [0.1, 0.15) is 6.92 Å². The number of nitrogens with one attached hydrogen (secondary N) is 1. The molecule has 7 nitrogen and oxygen atoms in total. The van der Waals surface area contributed by atoms with Gasteiger partial charge in [0.25, 0.3) is 5.91 Å². The highest BCUT2D eigenvalue weighted by atomic mass is 16.5. The lowest BCUT2D eigenvalue weighted by atomic mass is 10.2. The number of hydrogen-bond donors (Lipinski definition) is 2. The third-order valence-electron chi connectivity index (χ3n) is 2.46. The van der Waals surface area contributed by atoms with Crippen LogP contribution in [0.25, 0.3) is 0 Å². The Hall–Kier alpha value is -2.15. The smallest absolute Gasteiger partial charge is 0.274 e. The van der Waals surface area contributed by atoms with Gasteiger partial charge in [-0.1, -0.05) is 0 Å². The van der Waals surface area contributed by atoms with Crippen molar-refractivity contribution in [1.82, 2.24) is 5.43 Å². The standard InChI is InChI=1S/C12H18N2O5/c1-7(12(15)14-13)19-8-5-9(16-2)11(18-4)10(6-8)17-3/h5-7H,13H2,1-4H3,(H,14,15). The van der Waals surface area contributed by atoms with E-state index in [1.807, 2.05) is 5.43 Å². The van der Waals surface area contributed by atoms with Crippen LogP contribution in [0.5, 0.6) is 23.0 Å². The molecule has 0 aliphatic rings. The summed E-state index contributed by atoms with van der Waals surface area (Å²) in [4.78, 5) is 11.3. The second kappa shape index (κ2) is 6.69. The Balaban J connectivity index is 3.06. The molecule has 0 radical (unpaired) electrons. The lowest BCUT2D eigenvalue weighted by Crippen LogP contribution is -2.40. The maximum absolute atomic E-state index is 11.3. The first-order valence-electron chi connectivity index (χ1n) is 5.54. The second-order valence-electron chi connectivity index (χ2n) is 3.63. The summed E-state index contributed by atoms with van der Waals surface area (Å²) in [6.45, 7) is 1.57. The first-order chi connectivity index (χ1) is 9.07. The monoisotopic (exact) mass is 270 g/mol. The quantitative estimate of drug-likeness (QED) is 0.443. The van der Waals surface area contributed by atoms with Crippen LogP contribution in [0, 0.1) is 0 Å². The van der Waals surface area contributed by atoms with Gasteiger partial charge >= 0.3 is 0 Å². The van der Waals surface area contributed by atoms with E-state index in [1.54, 1.807) is 19.1 Å². The molecule has 1 rings (SSSR count). The summed E-state index contributed by atoms with van der Waals surface area (Å²) in [5.41, 5.74) is 2.01. The van der Waals surface area contributed by atoms with Gasteiger partial charge in [-0.3, -0.25) is 10.2 Å². The molecule has 0 spiro atoms. The number of methoxy groups -OCH3 is 3. The lowest BCUT2D eigenvalue weighted by molar-refractivity contribution is -0.127. The fourth-order valence-corrected chi connectivity index (χ4v) is 1.50. The minimum absolute atomic E-state index is 0.408. The zero-order valence-electron chi connectivity index (χ0n) is 11.4. The molecule has 0 aliphatic heterocycles. The molecule has 7 heteroatoms. The summed E-state index contributed by atoms with van der Waals surface area (Å²) in [6, 6.07) is 3.20. The van der Waals surface area contributed by atoms with E-state index in [1.165, 1.54) is 21.3 Å². The van der Waals surface area contributed by atoms with Crippen molar-refractivity contribution in [3.63, 3.8) is 0 Å². The van der Waals surface area contributed by atoms with Gasteiger partial charge in [0.05, 0.1) is 21.3 Å². The van der Waals surface area contributed by atoms with E-state index in [0.29, 0.717) is 23.0 Å². The van der Waals surface area contributed by atoms with Gasteiger partial charge in [0, 0.05) is 12.1 Å². The van der Waals surface area contributed by atoms with Crippen LogP contribution in [0.4, 0.5) is 0 Å². The maximum atomic E-state index is 11.3. The molecule has 1 aromatic carbocycles. The van der Waals surface area contributed by atoms with Gasteiger partial charge in [-0.2, -0.15) is 0 Å². The number of carbonyl (C=O) groups is 1. The van der Waals surface area contributed by atoms with Crippen molar-refractivity contribution >= 4 is 5.91 Å². The summed E-state index contributed by atoms with van der Waals surface area (Å²) in [6.07, 6.45) is -0.743. The molecule has 1 atom stereocenters. The van der Waals surface area contributed by atoms with Gasteiger partial charge in [-0.15, -0.1) is 0 Å². The van der Waals surface area contributed by atoms with Crippen molar-refractivity contribution in [2.24, 2.45) is 5.84 Å². The van der Waals surface area contributed by atoms with Gasteiger partial charge in [-0.05, 0) is 6.92 Å². The lowest BCUT2D eigenvalue weighted by Gasteiger charge is -2.17.